The molecule has 2 aliphatic rings. The van der Waals surface area contributed by atoms with Gasteiger partial charge < -0.3 is 15.0 Å². The quantitative estimate of drug-likeness (QED) is 0.889. The van der Waals surface area contributed by atoms with E-state index in [4.69, 9.17) is 0 Å². The third kappa shape index (κ3) is 2.56. The number of nitrogens with one attached hydrogen (secondary N) is 1. The molecule has 1 saturated heterocycles. The Morgan fingerprint density at radius 1 is 1.39 bits per heavy atom. The zero-order chi connectivity index (χ0) is 16.8. The predicted molar refractivity (Wildman–Crippen MR) is 84.5 cm³/mol. The van der Waals surface area contributed by atoms with Crippen LogP contribution in [0.2, 0.25) is 0 Å². The molecule has 2 N–H and O–H groups in total. The lowest BCUT2D eigenvalue weighted by atomic mass is 9.81. The average Bonchev–Trinajstić information content (AvgIpc) is 3.03. The van der Waals surface area contributed by atoms with Crippen LogP contribution < -0.4 is 5.56 Å². The Hall–Kier alpha value is -2.11. The van der Waals surface area contributed by atoms with Crippen molar-refractivity contribution in [3.63, 3.8) is 0 Å². The number of pyridine rings is 1. The lowest BCUT2D eigenvalue weighted by Gasteiger charge is -2.23. The van der Waals surface area contributed by atoms with Crippen molar-refractivity contribution in [2.24, 2.45) is 11.3 Å². The summed E-state index contributed by atoms with van der Waals surface area (Å²) < 4.78 is 0. The number of aromatic nitrogens is 1. The molecule has 2 heterocycles. The first-order valence-corrected chi connectivity index (χ1v) is 8.10. The number of aromatic amines is 1. The number of fused-ring (bicyclic) bond motifs is 1. The van der Waals surface area contributed by atoms with Crippen molar-refractivity contribution < 1.29 is 14.7 Å². The van der Waals surface area contributed by atoms with Crippen LogP contribution in [-0.2, 0) is 4.79 Å². The van der Waals surface area contributed by atoms with Gasteiger partial charge in [-0.2, -0.15) is 0 Å². The van der Waals surface area contributed by atoms with E-state index in [1.165, 1.54) is 6.07 Å². The second kappa shape index (κ2) is 5.51. The summed E-state index contributed by atoms with van der Waals surface area (Å²) >= 11 is 0. The van der Waals surface area contributed by atoms with Crippen LogP contribution in [0, 0.1) is 11.3 Å². The van der Waals surface area contributed by atoms with E-state index in [2.05, 4.69) is 4.98 Å². The number of carboxylic acids is 1. The van der Waals surface area contributed by atoms with Crippen LogP contribution >= 0.6 is 0 Å². The van der Waals surface area contributed by atoms with Crippen molar-refractivity contribution in [2.75, 3.05) is 13.1 Å². The van der Waals surface area contributed by atoms with E-state index in [1.54, 1.807) is 11.0 Å². The number of rotatable bonds is 3. The Labute approximate surface area is 134 Å². The first kappa shape index (κ1) is 15.8. The van der Waals surface area contributed by atoms with Crippen LogP contribution in [0.5, 0.6) is 0 Å². The van der Waals surface area contributed by atoms with Crippen LogP contribution in [0.1, 0.15) is 55.1 Å². The van der Waals surface area contributed by atoms with Crippen LogP contribution in [0.25, 0.3) is 0 Å². The topological polar surface area (TPSA) is 90.5 Å². The lowest BCUT2D eigenvalue weighted by molar-refractivity contribution is -0.149. The number of H-pyrrole nitrogens is 1. The van der Waals surface area contributed by atoms with E-state index in [1.807, 2.05) is 13.8 Å². The smallest absolute Gasteiger partial charge is 0.311 e. The molecule has 1 aromatic heterocycles. The molecule has 2 fully saturated rings. The summed E-state index contributed by atoms with van der Waals surface area (Å²) in [5, 5.41) is 9.61. The van der Waals surface area contributed by atoms with Gasteiger partial charge >= 0.3 is 5.97 Å². The number of hydrogen-bond donors (Lipinski definition) is 2. The van der Waals surface area contributed by atoms with Crippen LogP contribution in [0.15, 0.2) is 16.9 Å². The minimum absolute atomic E-state index is 0.0236. The summed E-state index contributed by atoms with van der Waals surface area (Å²) in [5.74, 6) is -0.911. The van der Waals surface area contributed by atoms with Crippen LogP contribution in [0.4, 0.5) is 0 Å². The number of carbonyl (C=O) groups is 2. The Kier molecular flexibility index (Phi) is 3.78. The minimum Gasteiger partial charge on any atom is -0.481 e. The molecule has 1 aromatic rings. The monoisotopic (exact) mass is 318 g/mol. The fraction of sp³-hybridized carbons (Fsp3) is 0.588. The maximum Gasteiger partial charge on any atom is 0.311 e. The van der Waals surface area contributed by atoms with E-state index in [9.17, 15) is 19.5 Å². The van der Waals surface area contributed by atoms with Gasteiger partial charge in [0.15, 0.2) is 0 Å². The third-order valence-corrected chi connectivity index (χ3v) is 5.32. The Morgan fingerprint density at radius 3 is 2.74 bits per heavy atom. The third-order valence-electron chi connectivity index (χ3n) is 5.32. The molecule has 3 rings (SSSR count). The van der Waals surface area contributed by atoms with E-state index in [0.717, 1.165) is 12.8 Å². The summed E-state index contributed by atoms with van der Waals surface area (Å²) in [5.41, 5.74) is -0.0318. The Balaban J connectivity index is 1.88. The standard InChI is InChI=1S/C17H22N2O4/c1-10(2)13-6-11(7-14(20)18-13)15(21)19-8-12-4-3-5-17(12,9-19)16(22)23/h6-7,10,12H,3-5,8-9H2,1-2H3,(H,18,20)(H,22,23)/t12-,17+/m0/s1. The normalized spacial score (nSPS) is 26.6. The van der Waals surface area contributed by atoms with Crippen molar-refractivity contribution >= 4 is 11.9 Å². The van der Waals surface area contributed by atoms with E-state index >= 15 is 0 Å². The lowest BCUT2D eigenvalue weighted by Crippen LogP contribution is -2.37. The number of amides is 1. The second-order valence-electron chi connectivity index (χ2n) is 7.08. The fourth-order valence-electron chi connectivity index (χ4n) is 3.98. The van der Waals surface area contributed by atoms with Gasteiger partial charge in [0.2, 0.25) is 5.56 Å². The maximum absolute atomic E-state index is 12.8. The molecular weight excluding hydrogens is 296 g/mol. The SMILES string of the molecule is CC(C)c1cc(C(=O)N2C[C@@H]3CCC[C@@]3(C(=O)O)C2)cc(=O)[nH]1. The number of aliphatic carboxylic acids is 1. The van der Waals surface area contributed by atoms with Gasteiger partial charge in [0.25, 0.3) is 5.91 Å². The molecule has 0 radical (unpaired) electrons. The van der Waals surface area contributed by atoms with Crippen molar-refractivity contribution in [1.29, 1.82) is 0 Å². The zero-order valence-electron chi connectivity index (χ0n) is 13.5. The van der Waals surface area contributed by atoms with Gasteiger partial charge in [0.1, 0.15) is 0 Å². The largest absolute Gasteiger partial charge is 0.481 e. The number of nitrogens with zero attached hydrogens (tertiary/aromatic N) is 1. The molecule has 0 bridgehead atoms. The van der Waals surface area contributed by atoms with E-state index in [-0.39, 0.29) is 29.8 Å². The molecule has 6 heteroatoms. The van der Waals surface area contributed by atoms with Crippen LogP contribution in [0.3, 0.4) is 0 Å². The average molecular weight is 318 g/mol. The van der Waals surface area contributed by atoms with Crippen molar-refractivity contribution in [1.82, 2.24) is 9.88 Å². The van der Waals surface area contributed by atoms with Crippen molar-refractivity contribution in [3.05, 3.63) is 33.7 Å². The molecule has 1 aliphatic carbocycles. The van der Waals surface area contributed by atoms with Gasteiger partial charge in [-0.3, -0.25) is 14.4 Å². The molecule has 124 valence electrons. The Morgan fingerprint density at radius 2 is 2.13 bits per heavy atom. The highest BCUT2D eigenvalue weighted by Gasteiger charge is 2.55. The summed E-state index contributed by atoms with van der Waals surface area (Å²) in [7, 11) is 0. The van der Waals surface area contributed by atoms with Crippen LogP contribution in [-0.4, -0.2) is 40.0 Å². The highest BCUT2D eigenvalue weighted by Crippen LogP contribution is 2.49. The first-order valence-electron chi connectivity index (χ1n) is 8.10. The number of hydrogen-bond acceptors (Lipinski definition) is 3. The molecule has 1 aliphatic heterocycles. The molecule has 0 spiro atoms. The van der Waals surface area contributed by atoms with Gasteiger partial charge in [-0.1, -0.05) is 20.3 Å². The zero-order valence-corrected chi connectivity index (χ0v) is 13.5. The predicted octanol–water partition coefficient (Wildman–Crippen LogP) is 1.83. The summed E-state index contributed by atoms with van der Waals surface area (Å²) in [6.45, 7) is 4.60. The minimum atomic E-state index is -0.802. The van der Waals surface area contributed by atoms with Crippen molar-refractivity contribution in [3.8, 4) is 0 Å². The molecular formula is C17H22N2O4. The molecule has 0 unspecified atom stereocenters. The van der Waals surface area contributed by atoms with Gasteiger partial charge in [0, 0.05) is 30.4 Å². The van der Waals surface area contributed by atoms with Gasteiger partial charge in [-0.05, 0) is 30.7 Å². The Bertz CT molecular complexity index is 709. The van der Waals surface area contributed by atoms with E-state index in [0.29, 0.717) is 24.2 Å². The van der Waals surface area contributed by atoms with Gasteiger partial charge in [-0.15, -0.1) is 0 Å². The first-order chi connectivity index (χ1) is 10.8. The summed E-state index contributed by atoms with van der Waals surface area (Å²) in [4.78, 5) is 40.6. The summed E-state index contributed by atoms with van der Waals surface area (Å²) in [6, 6.07) is 3.01. The molecule has 23 heavy (non-hydrogen) atoms. The molecule has 1 amide bonds. The second-order valence-corrected chi connectivity index (χ2v) is 7.08. The highest BCUT2D eigenvalue weighted by atomic mass is 16.4. The number of carbonyl (C=O) groups excluding carboxylic acids is 1. The van der Waals surface area contributed by atoms with Gasteiger partial charge in [-0.25, -0.2) is 0 Å². The van der Waals surface area contributed by atoms with Crippen molar-refractivity contribution in [2.45, 2.75) is 39.0 Å². The van der Waals surface area contributed by atoms with E-state index < -0.39 is 11.4 Å². The number of likely N-dealkylation sites (tertiary alicyclic amines) is 1. The molecule has 2 atom stereocenters. The highest BCUT2D eigenvalue weighted by molar-refractivity contribution is 5.95. The molecule has 6 nitrogen and oxygen atoms in total. The van der Waals surface area contributed by atoms with Gasteiger partial charge in [0.05, 0.1) is 5.41 Å². The fourth-order valence-corrected chi connectivity index (χ4v) is 3.98. The molecule has 1 saturated carbocycles. The summed E-state index contributed by atoms with van der Waals surface area (Å²) in [6.07, 6.45) is 2.38. The number of carboxylic acid groups (broad SMARTS) is 1. The maximum atomic E-state index is 12.8. The molecule has 0 aromatic carbocycles.